The van der Waals surface area contributed by atoms with E-state index in [0.717, 1.165) is 93.4 Å². The Morgan fingerprint density at radius 3 is 1.94 bits per heavy atom. The molecule has 0 saturated carbocycles. The van der Waals surface area contributed by atoms with Gasteiger partial charge in [-0.05, 0) is 53.9 Å². The minimum Gasteiger partial charge on any atom is -0.455 e. The number of hydrogen-bond donors (Lipinski definition) is 0. The maximum atomic E-state index is 6.83. The summed E-state index contributed by atoms with van der Waals surface area (Å²) in [6.45, 7) is 0. The van der Waals surface area contributed by atoms with Gasteiger partial charge >= 0.3 is 0 Å². The molecule has 0 aliphatic carbocycles. The van der Waals surface area contributed by atoms with Gasteiger partial charge in [0.2, 0.25) is 5.95 Å². The van der Waals surface area contributed by atoms with Crippen molar-refractivity contribution in [3.05, 3.63) is 170 Å². The highest BCUT2D eigenvalue weighted by atomic mass is 16.3. The fourth-order valence-corrected chi connectivity index (χ4v) is 8.68. The van der Waals surface area contributed by atoms with Gasteiger partial charge in [0, 0.05) is 43.3 Å². The van der Waals surface area contributed by atoms with E-state index in [0.29, 0.717) is 5.95 Å². The van der Waals surface area contributed by atoms with Crippen LogP contribution in [-0.2, 0) is 0 Å². The number of nitrogens with zero attached hydrogens (tertiary/aromatic N) is 4. The van der Waals surface area contributed by atoms with Crippen molar-refractivity contribution in [2.24, 2.45) is 0 Å². The van der Waals surface area contributed by atoms with E-state index in [-0.39, 0.29) is 0 Å². The minimum atomic E-state index is 0.639. The summed E-state index contributed by atoms with van der Waals surface area (Å²) in [7, 11) is 0. The Morgan fingerprint density at radius 1 is 0.396 bits per heavy atom. The van der Waals surface area contributed by atoms with Crippen LogP contribution in [0.15, 0.2) is 174 Å². The average molecular weight is 677 g/mol. The van der Waals surface area contributed by atoms with Crippen LogP contribution in [0.1, 0.15) is 0 Å². The molecule has 0 fully saturated rings. The summed E-state index contributed by atoms with van der Waals surface area (Å²) < 4.78 is 11.5. The van der Waals surface area contributed by atoms with Crippen molar-refractivity contribution in [1.82, 2.24) is 19.1 Å². The van der Waals surface area contributed by atoms with Gasteiger partial charge in [-0.3, -0.25) is 4.57 Å². The van der Waals surface area contributed by atoms with Gasteiger partial charge in [0.05, 0.1) is 44.4 Å². The second-order valence-electron chi connectivity index (χ2n) is 13.7. The molecule has 5 nitrogen and oxygen atoms in total. The van der Waals surface area contributed by atoms with E-state index in [2.05, 4.69) is 161 Å². The van der Waals surface area contributed by atoms with Crippen molar-refractivity contribution in [3.63, 3.8) is 0 Å². The standard InChI is InChI=1S/C48H28N4O/c1-2-14-30(15-3-1)46-34-19-6-9-21-36(34)49-48(50-46)52-38-22-10-7-20-35(38)43-39(52)27-28-40-44(43)45-41(26-25-33-32-18-8-11-24-42(32)53-47(33)45)51(40)37-23-12-16-29-13-4-5-17-31(29)37/h1-28H. The summed E-state index contributed by atoms with van der Waals surface area (Å²) in [5.74, 6) is 0.639. The van der Waals surface area contributed by atoms with Gasteiger partial charge in [-0.15, -0.1) is 0 Å². The van der Waals surface area contributed by atoms with Crippen LogP contribution in [0.25, 0.3) is 110 Å². The molecular formula is C48H28N4O. The zero-order valence-corrected chi connectivity index (χ0v) is 28.4. The first-order chi connectivity index (χ1) is 26.3. The second-order valence-corrected chi connectivity index (χ2v) is 13.7. The molecule has 0 amide bonds. The summed E-state index contributed by atoms with van der Waals surface area (Å²) in [5.41, 5.74) is 10.1. The van der Waals surface area contributed by atoms with E-state index >= 15 is 0 Å². The Bertz CT molecular complexity index is 3450. The third-order valence-electron chi connectivity index (χ3n) is 10.9. The van der Waals surface area contributed by atoms with Gasteiger partial charge < -0.3 is 8.98 Å². The topological polar surface area (TPSA) is 48.8 Å². The molecule has 4 heterocycles. The Balaban J connectivity index is 1.28. The summed E-state index contributed by atoms with van der Waals surface area (Å²) in [6.07, 6.45) is 0. The number of aromatic nitrogens is 4. The maximum Gasteiger partial charge on any atom is 0.235 e. The zero-order chi connectivity index (χ0) is 34.6. The SMILES string of the molecule is c1ccc(-c2nc(-n3c4ccccc4c4c5c6c7oc8ccccc8c7ccc6n(-c6cccc7ccccc67)c5ccc43)nc3ccccc23)cc1. The summed E-state index contributed by atoms with van der Waals surface area (Å²) in [4.78, 5) is 10.6. The molecule has 0 radical (unpaired) electrons. The van der Waals surface area contributed by atoms with Gasteiger partial charge in [0.15, 0.2) is 0 Å². The van der Waals surface area contributed by atoms with Gasteiger partial charge in [-0.25, -0.2) is 9.97 Å². The highest BCUT2D eigenvalue weighted by molar-refractivity contribution is 6.34. The van der Waals surface area contributed by atoms with Crippen molar-refractivity contribution in [2.75, 3.05) is 0 Å². The molecule has 0 aliphatic rings. The first-order valence-electron chi connectivity index (χ1n) is 17.9. The number of furan rings is 1. The van der Waals surface area contributed by atoms with Crippen LogP contribution in [0, 0.1) is 0 Å². The zero-order valence-electron chi connectivity index (χ0n) is 28.4. The van der Waals surface area contributed by atoms with Crippen molar-refractivity contribution in [3.8, 4) is 22.9 Å². The third-order valence-corrected chi connectivity index (χ3v) is 10.9. The van der Waals surface area contributed by atoms with Gasteiger partial charge in [-0.1, -0.05) is 121 Å². The monoisotopic (exact) mass is 676 g/mol. The van der Waals surface area contributed by atoms with Gasteiger partial charge in [0.1, 0.15) is 11.2 Å². The Labute approximate surface area is 302 Å². The predicted molar refractivity (Wildman–Crippen MR) is 218 cm³/mol. The first kappa shape index (κ1) is 28.5. The molecule has 0 atom stereocenters. The minimum absolute atomic E-state index is 0.639. The Morgan fingerprint density at radius 2 is 1.06 bits per heavy atom. The molecule has 0 aliphatic heterocycles. The molecule has 12 rings (SSSR count). The van der Waals surface area contributed by atoms with E-state index < -0.39 is 0 Å². The lowest BCUT2D eigenvalue weighted by Crippen LogP contribution is -2.03. The number of benzene rings is 8. The molecule has 12 aromatic rings. The lowest BCUT2D eigenvalue weighted by molar-refractivity contribution is 0.673. The van der Waals surface area contributed by atoms with Gasteiger partial charge in [-0.2, -0.15) is 0 Å². The summed E-state index contributed by atoms with van der Waals surface area (Å²) >= 11 is 0. The highest BCUT2D eigenvalue weighted by Crippen LogP contribution is 2.46. The predicted octanol–water partition coefficient (Wildman–Crippen LogP) is 12.5. The van der Waals surface area contributed by atoms with Crippen LogP contribution in [0.5, 0.6) is 0 Å². The van der Waals surface area contributed by atoms with Crippen molar-refractivity contribution in [1.29, 1.82) is 0 Å². The molecule has 246 valence electrons. The molecule has 5 heteroatoms. The molecule has 0 spiro atoms. The van der Waals surface area contributed by atoms with Gasteiger partial charge in [0.25, 0.3) is 0 Å². The molecule has 53 heavy (non-hydrogen) atoms. The summed E-state index contributed by atoms with van der Waals surface area (Å²) in [6, 6.07) is 59.9. The second kappa shape index (κ2) is 10.6. The highest BCUT2D eigenvalue weighted by Gasteiger charge is 2.25. The lowest BCUT2D eigenvalue weighted by Gasteiger charge is -2.12. The normalized spacial score (nSPS) is 12.2. The van der Waals surface area contributed by atoms with E-state index in [9.17, 15) is 0 Å². The van der Waals surface area contributed by atoms with E-state index in [4.69, 9.17) is 14.4 Å². The van der Waals surface area contributed by atoms with E-state index in [1.54, 1.807) is 0 Å². The van der Waals surface area contributed by atoms with Crippen molar-refractivity contribution >= 4 is 87.2 Å². The molecule has 8 aromatic carbocycles. The van der Waals surface area contributed by atoms with Crippen LogP contribution in [0.3, 0.4) is 0 Å². The summed E-state index contributed by atoms with van der Waals surface area (Å²) in [5, 5.41) is 10.2. The Hall–Kier alpha value is -7.24. The number of fused-ring (bicyclic) bond motifs is 13. The molecule has 4 aromatic heterocycles. The van der Waals surface area contributed by atoms with Crippen LogP contribution in [0.4, 0.5) is 0 Å². The van der Waals surface area contributed by atoms with Crippen LogP contribution in [-0.4, -0.2) is 19.1 Å². The Kier molecular flexibility index (Phi) is 5.71. The fourth-order valence-electron chi connectivity index (χ4n) is 8.68. The quantitative estimate of drug-likeness (QED) is 0.187. The number of rotatable bonds is 3. The van der Waals surface area contributed by atoms with Crippen LogP contribution in [0.2, 0.25) is 0 Å². The van der Waals surface area contributed by atoms with Crippen LogP contribution < -0.4 is 0 Å². The van der Waals surface area contributed by atoms with Crippen LogP contribution >= 0.6 is 0 Å². The van der Waals surface area contributed by atoms with Crippen molar-refractivity contribution < 1.29 is 4.42 Å². The number of hydrogen-bond acceptors (Lipinski definition) is 3. The van der Waals surface area contributed by atoms with Crippen molar-refractivity contribution in [2.45, 2.75) is 0 Å². The molecule has 0 N–H and O–H groups in total. The molecule has 0 bridgehead atoms. The third kappa shape index (κ3) is 3.91. The molecular weight excluding hydrogens is 649 g/mol. The van der Waals surface area contributed by atoms with E-state index in [1.807, 2.05) is 18.2 Å². The number of para-hydroxylation sites is 3. The lowest BCUT2D eigenvalue weighted by atomic mass is 10.0. The average Bonchev–Trinajstić information content (AvgIpc) is 3.88. The smallest absolute Gasteiger partial charge is 0.235 e. The molecule has 0 saturated heterocycles. The largest absolute Gasteiger partial charge is 0.455 e. The molecule has 0 unspecified atom stereocenters. The van der Waals surface area contributed by atoms with E-state index in [1.165, 1.54) is 10.8 Å². The maximum absolute atomic E-state index is 6.83. The fraction of sp³-hybridized carbons (Fsp3) is 0. The first-order valence-corrected chi connectivity index (χ1v) is 17.9.